The van der Waals surface area contributed by atoms with Gasteiger partial charge in [0.1, 0.15) is 17.4 Å². The second-order valence-electron chi connectivity index (χ2n) is 10.2. The number of nitrogens with two attached hydrogens (primary N) is 1. The van der Waals surface area contributed by atoms with Gasteiger partial charge in [-0.05, 0) is 50.8 Å². The van der Waals surface area contributed by atoms with Crippen molar-refractivity contribution in [2.24, 2.45) is 5.73 Å². The highest BCUT2D eigenvalue weighted by atomic mass is 19.1. The number of hydrogen-bond donors (Lipinski definition) is 1. The smallest absolute Gasteiger partial charge is 0.264 e. The van der Waals surface area contributed by atoms with Crippen molar-refractivity contribution in [3.8, 4) is 5.75 Å². The molecule has 2 unspecified atom stereocenters. The van der Waals surface area contributed by atoms with E-state index in [0.29, 0.717) is 12.3 Å². The molecule has 4 atom stereocenters. The van der Waals surface area contributed by atoms with Gasteiger partial charge < -0.3 is 20.3 Å². The third-order valence-corrected chi connectivity index (χ3v) is 7.69. The number of fused-ring (bicyclic) bond motifs is 2. The SMILES string of the molecule is Cc1cn2nc([C@@H]3CCCCN3C(=O)C3Oc4ccc(F)cc4C3C)cc2nc1N1CC[C@H](N)C1. The molecule has 6 rings (SSSR count). The van der Waals surface area contributed by atoms with Gasteiger partial charge in [0, 0.05) is 55.0 Å². The van der Waals surface area contributed by atoms with E-state index in [1.54, 1.807) is 6.07 Å². The lowest BCUT2D eigenvalue weighted by molar-refractivity contribution is -0.142. The highest BCUT2D eigenvalue weighted by Crippen LogP contribution is 2.41. The van der Waals surface area contributed by atoms with Gasteiger partial charge in [-0.1, -0.05) is 6.92 Å². The summed E-state index contributed by atoms with van der Waals surface area (Å²) in [4.78, 5) is 22.8. The third-order valence-electron chi connectivity index (χ3n) is 7.69. The van der Waals surface area contributed by atoms with E-state index in [2.05, 4.69) is 4.90 Å². The number of halogens is 1. The van der Waals surface area contributed by atoms with Crippen LogP contribution in [0.15, 0.2) is 30.5 Å². The molecule has 0 bridgehead atoms. The quantitative estimate of drug-likeness (QED) is 0.621. The van der Waals surface area contributed by atoms with Crippen LogP contribution in [0.25, 0.3) is 5.65 Å². The Hall–Kier alpha value is -3.20. The van der Waals surface area contributed by atoms with E-state index < -0.39 is 6.10 Å². The number of amides is 1. The van der Waals surface area contributed by atoms with E-state index in [9.17, 15) is 9.18 Å². The number of carbonyl (C=O) groups excluding carboxylic acids is 1. The highest BCUT2D eigenvalue weighted by Gasteiger charge is 2.42. The number of nitrogens with zero attached hydrogens (tertiary/aromatic N) is 5. The summed E-state index contributed by atoms with van der Waals surface area (Å²) in [6.07, 6.45) is 5.12. The molecule has 3 aliphatic rings. The molecule has 8 nitrogen and oxygen atoms in total. The Morgan fingerprint density at radius 2 is 2.06 bits per heavy atom. The van der Waals surface area contributed by atoms with Gasteiger partial charge >= 0.3 is 0 Å². The zero-order chi connectivity index (χ0) is 24.3. The molecular formula is C26H31FN6O2. The average molecular weight is 479 g/mol. The first-order valence-corrected chi connectivity index (χ1v) is 12.5. The van der Waals surface area contributed by atoms with Gasteiger partial charge in [0.25, 0.3) is 5.91 Å². The number of ether oxygens (including phenoxy) is 1. The normalized spacial score (nSPS) is 26.3. The maximum atomic E-state index is 13.8. The van der Waals surface area contributed by atoms with Crippen molar-refractivity contribution in [3.05, 3.63) is 53.1 Å². The first-order chi connectivity index (χ1) is 16.9. The van der Waals surface area contributed by atoms with E-state index in [4.69, 9.17) is 20.6 Å². The van der Waals surface area contributed by atoms with Gasteiger partial charge in [0.05, 0.1) is 11.7 Å². The molecular weight excluding hydrogens is 447 g/mol. The molecule has 0 saturated carbocycles. The van der Waals surface area contributed by atoms with E-state index in [1.165, 1.54) is 12.1 Å². The molecule has 3 aliphatic heterocycles. The summed E-state index contributed by atoms with van der Waals surface area (Å²) in [5, 5.41) is 4.84. The molecule has 2 aromatic heterocycles. The van der Waals surface area contributed by atoms with Crippen LogP contribution in [-0.2, 0) is 4.79 Å². The Kier molecular flexibility index (Phi) is 5.40. The van der Waals surface area contributed by atoms with Crippen molar-refractivity contribution in [2.45, 2.75) is 63.6 Å². The molecule has 2 saturated heterocycles. The van der Waals surface area contributed by atoms with Crippen molar-refractivity contribution >= 4 is 17.4 Å². The minimum atomic E-state index is -0.657. The van der Waals surface area contributed by atoms with E-state index in [0.717, 1.165) is 67.1 Å². The minimum absolute atomic E-state index is 0.0632. The lowest BCUT2D eigenvalue weighted by Crippen LogP contribution is -2.46. The number of anilines is 1. The first kappa shape index (κ1) is 22.3. The molecule has 5 heterocycles. The molecule has 2 fully saturated rings. The summed E-state index contributed by atoms with van der Waals surface area (Å²) in [7, 11) is 0. The van der Waals surface area contributed by atoms with E-state index >= 15 is 0 Å². The van der Waals surface area contributed by atoms with Crippen molar-refractivity contribution in [1.29, 1.82) is 0 Å². The Morgan fingerprint density at radius 1 is 1.20 bits per heavy atom. The maximum Gasteiger partial charge on any atom is 0.264 e. The topological polar surface area (TPSA) is 89.0 Å². The van der Waals surface area contributed by atoms with Gasteiger partial charge in [-0.3, -0.25) is 4.79 Å². The van der Waals surface area contributed by atoms with Crippen molar-refractivity contribution in [3.63, 3.8) is 0 Å². The lowest BCUT2D eigenvalue weighted by atomic mass is 9.94. The predicted octanol–water partition coefficient (Wildman–Crippen LogP) is 3.33. The fraction of sp³-hybridized carbons (Fsp3) is 0.500. The molecule has 0 spiro atoms. The molecule has 2 N–H and O–H groups in total. The molecule has 1 amide bonds. The molecule has 184 valence electrons. The fourth-order valence-electron chi connectivity index (χ4n) is 5.80. The van der Waals surface area contributed by atoms with Crippen LogP contribution in [0.3, 0.4) is 0 Å². The highest BCUT2D eigenvalue weighted by molar-refractivity contribution is 5.84. The van der Waals surface area contributed by atoms with Crippen LogP contribution in [0, 0.1) is 12.7 Å². The standard InChI is InChI=1S/C26H31FN6O2/c1-15-13-33-23(29-25(15)31-10-8-18(28)14-31)12-20(30-33)21-5-3-4-9-32(21)26(34)24-16(2)19-11-17(27)6-7-22(19)35-24/h6-7,11-13,16,18,21,24H,3-5,8-10,14,28H2,1-2H3/t16?,18-,21-,24?/m0/s1. The van der Waals surface area contributed by atoms with Crippen LogP contribution < -0.4 is 15.4 Å². The summed E-state index contributed by atoms with van der Waals surface area (Å²) in [5.74, 6) is 0.951. The van der Waals surface area contributed by atoms with Crippen LogP contribution in [0.1, 0.15) is 61.4 Å². The van der Waals surface area contributed by atoms with Crippen LogP contribution in [-0.4, -0.2) is 57.2 Å². The van der Waals surface area contributed by atoms with Gasteiger partial charge in [-0.25, -0.2) is 13.9 Å². The molecule has 0 radical (unpaired) electrons. The maximum absolute atomic E-state index is 13.8. The minimum Gasteiger partial charge on any atom is -0.480 e. The van der Waals surface area contributed by atoms with E-state index in [1.807, 2.05) is 35.5 Å². The Balaban J connectivity index is 1.28. The van der Waals surface area contributed by atoms with Crippen molar-refractivity contribution in [1.82, 2.24) is 19.5 Å². The monoisotopic (exact) mass is 478 g/mol. The Bertz CT molecular complexity index is 1290. The van der Waals surface area contributed by atoms with E-state index in [-0.39, 0.29) is 29.7 Å². The zero-order valence-electron chi connectivity index (χ0n) is 20.2. The number of carbonyl (C=O) groups is 1. The Labute approximate surface area is 203 Å². The summed E-state index contributed by atoms with van der Waals surface area (Å²) >= 11 is 0. The molecule has 35 heavy (non-hydrogen) atoms. The van der Waals surface area contributed by atoms with Crippen molar-refractivity contribution < 1.29 is 13.9 Å². The van der Waals surface area contributed by atoms with Crippen LogP contribution >= 0.6 is 0 Å². The van der Waals surface area contributed by atoms with Gasteiger partial charge in [0.15, 0.2) is 11.8 Å². The number of benzene rings is 1. The summed E-state index contributed by atoms with van der Waals surface area (Å²) < 4.78 is 21.6. The third kappa shape index (κ3) is 3.82. The average Bonchev–Trinajstić information content (AvgIpc) is 3.55. The molecule has 3 aromatic rings. The number of aryl methyl sites for hydroxylation is 1. The first-order valence-electron chi connectivity index (χ1n) is 12.5. The van der Waals surface area contributed by atoms with Gasteiger partial charge in [0.2, 0.25) is 0 Å². The van der Waals surface area contributed by atoms with Crippen LogP contribution in [0.2, 0.25) is 0 Å². The largest absolute Gasteiger partial charge is 0.480 e. The molecule has 9 heteroatoms. The summed E-state index contributed by atoms with van der Waals surface area (Å²) in [5.41, 5.74) is 9.53. The van der Waals surface area contributed by atoms with Crippen molar-refractivity contribution in [2.75, 3.05) is 24.5 Å². The Morgan fingerprint density at radius 3 is 2.86 bits per heavy atom. The fourth-order valence-corrected chi connectivity index (χ4v) is 5.80. The number of piperidine rings is 1. The van der Waals surface area contributed by atoms with Gasteiger partial charge in [-0.15, -0.1) is 0 Å². The molecule has 1 aromatic carbocycles. The number of aromatic nitrogens is 3. The van der Waals surface area contributed by atoms with Gasteiger partial charge in [-0.2, -0.15) is 5.10 Å². The predicted molar refractivity (Wildman–Crippen MR) is 130 cm³/mol. The van der Waals surface area contributed by atoms with Crippen LogP contribution in [0.5, 0.6) is 5.75 Å². The summed E-state index contributed by atoms with van der Waals surface area (Å²) in [6, 6.07) is 6.50. The second-order valence-corrected chi connectivity index (χ2v) is 10.2. The zero-order valence-corrected chi connectivity index (χ0v) is 20.2. The number of likely N-dealkylation sites (tertiary alicyclic amines) is 1. The molecule has 0 aliphatic carbocycles. The summed E-state index contributed by atoms with van der Waals surface area (Å²) in [6.45, 7) is 6.33. The second kappa shape index (κ2) is 8.48. The lowest BCUT2D eigenvalue weighted by Gasteiger charge is -2.36. The number of rotatable bonds is 3. The number of hydrogen-bond acceptors (Lipinski definition) is 6. The van der Waals surface area contributed by atoms with Crippen LogP contribution in [0.4, 0.5) is 10.2 Å².